The van der Waals surface area contributed by atoms with Crippen LogP contribution in [-0.2, 0) is 9.39 Å². The first kappa shape index (κ1) is 18.4. The first-order chi connectivity index (χ1) is 14.2. The Morgan fingerprint density at radius 3 is 2.55 bits per heavy atom. The smallest absolute Gasteiger partial charge is 0.511 e. The zero-order valence-electron chi connectivity index (χ0n) is 16.2. The Balaban J connectivity index is 1.52. The molecule has 4 aromatic carbocycles. The van der Waals surface area contributed by atoms with Crippen LogP contribution in [0, 0.1) is 0 Å². The Labute approximate surface area is 169 Å². The van der Waals surface area contributed by atoms with Crippen molar-refractivity contribution in [3.63, 3.8) is 0 Å². The van der Waals surface area contributed by atoms with Gasteiger partial charge < -0.3 is 19.1 Å². The summed E-state index contributed by atoms with van der Waals surface area (Å²) in [5.41, 5.74) is 0. The van der Waals surface area contributed by atoms with Crippen molar-refractivity contribution in [3.05, 3.63) is 66.7 Å². The largest absolute Gasteiger partial charge is 0.712 e. The van der Waals surface area contributed by atoms with Crippen molar-refractivity contribution < 1.29 is 19.1 Å². The Morgan fingerprint density at radius 2 is 1.72 bits per heavy atom. The molecular formula is C23H22BNO4. The lowest BCUT2D eigenvalue weighted by Gasteiger charge is -2.30. The van der Waals surface area contributed by atoms with Gasteiger partial charge in [0.15, 0.2) is 6.29 Å². The second-order valence-corrected chi connectivity index (χ2v) is 7.46. The van der Waals surface area contributed by atoms with Gasteiger partial charge in [0.1, 0.15) is 5.75 Å². The highest BCUT2D eigenvalue weighted by atomic mass is 16.8. The fraction of sp³-hybridized carbons (Fsp3) is 0.217. The summed E-state index contributed by atoms with van der Waals surface area (Å²) in [7, 11) is 0.584. The highest BCUT2D eigenvalue weighted by molar-refractivity contribution is 6.36. The number of benzene rings is 4. The Kier molecular flexibility index (Phi) is 4.85. The fourth-order valence-corrected chi connectivity index (χ4v) is 3.95. The van der Waals surface area contributed by atoms with Gasteiger partial charge in [-0.3, -0.25) is 4.90 Å². The number of morpholine rings is 1. The van der Waals surface area contributed by atoms with E-state index in [0.29, 0.717) is 18.9 Å². The summed E-state index contributed by atoms with van der Waals surface area (Å²) in [6.07, 6.45) is -0.514. The molecule has 0 aliphatic carbocycles. The van der Waals surface area contributed by atoms with Gasteiger partial charge in [-0.2, -0.15) is 0 Å². The van der Waals surface area contributed by atoms with Gasteiger partial charge in [-0.25, -0.2) is 0 Å². The summed E-state index contributed by atoms with van der Waals surface area (Å²) in [5, 5.41) is 17.0. The molecule has 29 heavy (non-hydrogen) atoms. The lowest BCUT2D eigenvalue weighted by molar-refractivity contribution is -0.140. The van der Waals surface area contributed by atoms with Crippen LogP contribution >= 0.6 is 0 Å². The first-order valence-electron chi connectivity index (χ1n) is 9.82. The van der Waals surface area contributed by atoms with Gasteiger partial charge in [0, 0.05) is 18.5 Å². The van der Waals surface area contributed by atoms with Crippen LogP contribution in [0.15, 0.2) is 66.7 Å². The van der Waals surface area contributed by atoms with Crippen molar-refractivity contribution in [3.8, 4) is 5.75 Å². The normalized spacial score (nSPS) is 17.8. The maximum atomic E-state index is 10.4. The number of rotatable bonds is 4. The average molecular weight is 387 g/mol. The molecule has 0 spiro atoms. The maximum Gasteiger partial charge on any atom is 0.712 e. The Hall–Kier alpha value is -2.64. The number of fused-ring (bicyclic) bond motifs is 4. The first-order valence-corrected chi connectivity index (χ1v) is 9.82. The molecule has 0 bridgehead atoms. The molecule has 1 saturated heterocycles. The van der Waals surface area contributed by atoms with Crippen LogP contribution in [0.4, 0.5) is 0 Å². The van der Waals surface area contributed by atoms with Crippen LogP contribution in [-0.4, -0.2) is 50.3 Å². The third-order valence-electron chi connectivity index (χ3n) is 5.42. The van der Waals surface area contributed by atoms with Crippen LogP contribution in [0.5, 0.6) is 5.75 Å². The summed E-state index contributed by atoms with van der Waals surface area (Å²) in [4.78, 5) is 2.09. The van der Waals surface area contributed by atoms with Crippen molar-refractivity contribution >= 4 is 39.6 Å². The van der Waals surface area contributed by atoms with Gasteiger partial charge in [-0.05, 0) is 52.2 Å². The molecule has 1 aliphatic rings. The lowest BCUT2D eigenvalue weighted by Crippen LogP contribution is -2.45. The molecule has 1 atom stereocenters. The highest BCUT2D eigenvalue weighted by Gasteiger charge is 2.28. The Bertz CT molecular complexity index is 1180. The van der Waals surface area contributed by atoms with Crippen molar-refractivity contribution in [2.24, 2.45) is 0 Å². The van der Waals surface area contributed by atoms with E-state index in [0.717, 1.165) is 33.5 Å². The van der Waals surface area contributed by atoms with E-state index in [9.17, 15) is 5.02 Å². The van der Waals surface area contributed by atoms with Crippen LogP contribution in [0.25, 0.3) is 32.3 Å². The predicted molar refractivity (Wildman–Crippen MR) is 116 cm³/mol. The molecule has 0 radical (unpaired) electrons. The van der Waals surface area contributed by atoms with E-state index in [4.69, 9.17) is 14.0 Å². The molecular weight excluding hydrogens is 365 g/mol. The minimum atomic E-state index is -1.41. The standard InChI is InChI=1S/C23H22BNO4/c1-25-11-12-27-22(15-25)29-24(26)28-21-8-4-7-16-9-10-19-13-17-5-2-3-6-18(17)14-20(19)23(16)21/h2-10,13-14,22,26H,11-12,15H2,1H3. The molecule has 0 amide bonds. The van der Waals surface area contributed by atoms with Crippen LogP contribution in [0.1, 0.15) is 0 Å². The van der Waals surface area contributed by atoms with Crippen LogP contribution in [0.3, 0.4) is 0 Å². The van der Waals surface area contributed by atoms with E-state index >= 15 is 0 Å². The monoisotopic (exact) mass is 387 g/mol. The summed E-state index contributed by atoms with van der Waals surface area (Å²) < 4.78 is 16.9. The highest BCUT2D eigenvalue weighted by Crippen LogP contribution is 2.35. The van der Waals surface area contributed by atoms with Gasteiger partial charge in [0.05, 0.1) is 6.61 Å². The average Bonchev–Trinajstić information content (AvgIpc) is 2.72. The van der Waals surface area contributed by atoms with E-state index in [2.05, 4.69) is 41.3 Å². The zero-order chi connectivity index (χ0) is 19.8. The third kappa shape index (κ3) is 3.68. The van der Waals surface area contributed by atoms with E-state index in [1.807, 2.05) is 37.4 Å². The molecule has 5 nitrogen and oxygen atoms in total. The number of ether oxygens (including phenoxy) is 1. The quantitative estimate of drug-likeness (QED) is 0.328. The zero-order valence-corrected chi connectivity index (χ0v) is 16.2. The number of nitrogens with zero attached hydrogens (tertiary/aromatic N) is 1. The second-order valence-electron chi connectivity index (χ2n) is 7.46. The molecule has 0 aromatic heterocycles. The Morgan fingerprint density at radius 1 is 0.966 bits per heavy atom. The SMILES string of the molecule is CN1CCOC(OB(O)Oc2cccc3ccc4cc5ccccc5cc4c23)C1. The van der Waals surface area contributed by atoms with Crippen molar-refractivity contribution in [2.45, 2.75) is 6.29 Å². The van der Waals surface area contributed by atoms with Gasteiger partial charge in [-0.15, -0.1) is 0 Å². The lowest BCUT2D eigenvalue weighted by atomic mass is 9.97. The van der Waals surface area contributed by atoms with Gasteiger partial charge in [-0.1, -0.05) is 48.5 Å². The molecule has 0 saturated carbocycles. The third-order valence-corrected chi connectivity index (χ3v) is 5.42. The van der Waals surface area contributed by atoms with Crippen molar-refractivity contribution in [1.82, 2.24) is 4.90 Å². The van der Waals surface area contributed by atoms with Crippen molar-refractivity contribution in [2.75, 3.05) is 26.7 Å². The van der Waals surface area contributed by atoms with E-state index in [-0.39, 0.29) is 0 Å². The van der Waals surface area contributed by atoms with Crippen LogP contribution in [0.2, 0.25) is 0 Å². The van der Waals surface area contributed by atoms with Crippen molar-refractivity contribution in [1.29, 1.82) is 0 Å². The minimum absolute atomic E-state index is 0.514. The molecule has 1 unspecified atom stereocenters. The van der Waals surface area contributed by atoms with E-state index in [1.165, 1.54) is 5.39 Å². The topological polar surface area (TPSA) is 51.2 Å². The molecule has 4 aromatic rings. The minimum Gasteiger partial charge on any atom is -0.511 e. The van der Waals surface area contributed by atoms with Gasteiger partial charge in [0.25, 0.3) is 0 Å². The van der Waals surface area contributed by atoms with Gasteiger partial charge >= 0.3 is 7.32 Å². The summed E-state index contributed by atoms with van der Waals surface area (Å²) in [5.74, 6) is 0.583. The number of likely N-dealkylation sites (N-methyl/N-ethyl adjacent to an activating group) is 1. The van der Waals surface area contributed by atoms with Crippen LogP contribution < -0.4 is 4.65 Å². The molecule has 1 N–H and O–H groups in total. The molecule has 146 valence electrons. The molecule has 1 aliphatic heterocycles. The summed E-state index contributed by atoms with van der Waals surface area (Å²) in [6.45, 7) is 2.00. The number of hydrogen-bond donors (Lipinski definition) is 1. The molecule has 6 heteroatoms. The molecule has 5 rings (SSSR count). The van der Waals surface area contributed by atoms with E-state index < -0.39 is 13.6 Å². The maximum absolute atomic E-state index is 10.4. The fourth-order valence-electron chi connectivity index (χ4n) is 3.95. The summed E-state index contributed by atoms with van der Waals surface area (Å²) in [6, 6.07) is 22.7. The second kappa shape index (κ2) is 7.65. The summed E-state index contributed by atoms with van der Waals surface area (Å²) >= 11 is 0. The van der Waals surface area contributed by atoms with Gasteiger partial charge in [0.2, 0.25) is 0 Å². The number of hydrogen-bond acceptors (Lipinski definition) is 5. The molecule has 1 heterocycles. The molecule has 1 fully saturated rings. The van der Waals surface area contributed by atoms with E-state index in [1.54, 1.807) is 0 Å². The predicted octanol–water partition coefficient (Wildman–Crippen LogP) is 3.81.